The summed E-state index contributed by atoms with van der Waals surface area (Å²) in [5, 5.41) is 0. The van der Waals surface area contributed by atoms with Gasteiger partial charge in [-0.3, -0.25) is 10.7 Å². The standard InChI is InChI=1S/C13H20N4O2S/c14-15-11-4-1-2-6-13(11)20(18,19)16-10-7-9-17-8-3-5-12(10)17/h1-2,4,6,10,12,15-16H,3,5,7-9,14H2. The zero-order chi connectivity index (χ0) is 14.2. The minimum absolute atomic E-state index is 0.00771. The summed E-state index contributed by atoms with van der Waals surface area (Å²) in [6.45, 7) is 2.07. The molecule has 2 atom stereocenters. The molecule has 0 spiro atoms. The number of nitrogens with two attached hydrogens (primary N) is 1. The van der Waals surface area contributed by atoms with Crippen LogP contribution in [-0.2, 0) is 10.0 Å². The maximum absolute atomic E-state index is 12.5. The Hall–Kier alpha value is -1.15. The average Bonchev–Trinajstić information content (AvgIpc) is 3.04. The number of nitrogen functional groups attached to an aromatic ring is 1. The Morgan fingerprint density at radius 3 is 2.80 bits per heavy atom. The molecule has 1 aromatic rings. The lowest BCUT2D eigenvalue weighted by atomic mass is 10.1. The Morgan fingerprint density at radius 2 is 2.00 bits per heavy atom. The van der Waals surface area contributed by atoms with Crippen LogP contribution in [-0.4, -0.2) is 38.5 Å². The molecule has 2 unspecified atom stereocenters. The highest BCUT2D eigenvalue weighted by atomic mass is 32.2. The molecule has 6 nitrogen and oxygen atoms in total. The largest absolute Gasteiger partial charge is 0.323 e. The van der Waals surface area contributed by atoms with Gasteiger partial charge in [0, 0.05) is 18.6 Å². The van der Waals surface area contributed by atoms with Crippen molar-refractivity contribution < 1.29 is 8.42 Å². The molecule has 0 radical (unpaired) electrons. The zero-order valence-corrected chi connectivity index (χ0v) is 12.1. The van der Waals surface area contributed by atoms with Gasteiger partial charge in [0.15, 0.2) is 0 Å². The van der Waals surface area contributed by atoms with E-state index in [4.69, 9.17) is 5.84 Å². The first-order valence-electron chi connectivity index (χ1n) is 6.94. The van der Waals surface area contributed by atoms with E-state index in [-0.39, 0.29) is 10.9 Å². The first kappa shape index (κ1) is 13.8. The van der Waals surface area contributed by atoms with Crippen molar-refractivity contribution in [3.05, 3.63) is 24.3 Å². The summed E-state index contributed by atoms with van der Waals surface area (Å²) in [5.74, 6) is 5.39. The summed E-state index contributed by atoms with van der Waals surface area (Å²) in [6.07, 6.45) is 3.11. The molecule has 110 valence electrons. The lowest BCUT2D eigenvalue weighted by Crippen LogP contribution is -2.42. The van der Waals surface area contributed by atoms with Gasteiger partial charge in [0.05, 0.1) is 5.69 Å². The molecule has 0 aromatic heterocycles. The fraction of sp³-hybridized carbons (Fsp3) is 0.538. The smallest absolute Gasteiger partial charge is 0.242 e. The van der Waals surface area contributed by atoms with Crippen molar-refractivity contribution in [1.82, 2.24) is 9.62 Å². The molecule has 2 saturated heterocycles. The normalized spacial score (nSPS) is 26.6. The second-order valence-electron chi connectivity index (χ2n) is 5.40. The van der Waals surface area contributed by atoms with Crippen LogP contribution in [0.2, 0.25) is 0 Å². The second kappa shape index (κ2) is 5.33. The van der Waals surface area contributed by atoms with Crippen LogP contribution in [0, 0.1) is 0 Å². The van der Waals surface area contributed by atoms with E-state index in [0.717, 1.165) is 32.4 Å². The number of nitrogens with zero attached hydrogens (tertiary/aromatic N) is 1. The fourth-order valence-corrected chi connectivity index (χ4v) is 4.78. The van der Waals surface area contributed by atoms with Gasteiger partial charge in [-0.15, -0.1) is 0 Å². The molecule has 0 aliphatic carbocycles. The van der Waals surface area contributed by atoms with Crippen LogP contribution in [0.5, 0.6) is 0 Å². The van der Waals surface area contributed by atoms with E-state index in [1.165, 1.54) is 0 Å². The molecule has 2 fully saturated rings. The first-order valence-corrected chi connectivity index (χ1v) is 8.42. The third-order valence-corrected chi connectivity index (χ3v) is 5.79. The van der Waals surface area contributed by atoms with E-state index in [9.17, 15) is 8.42 Å². The number of hydrogen-bond acceptors (Lipinski definition) is 5. The van der Waals surface area contributed by atoms with Crippen LogP contribution in [0.4, 0.5) is 5.69 Å². The number of para-hydroxylation sites is 1. The van der Waals surface area contributed by atoms with Crippen LogP contribution < -0.4 is 16.0 Å². The highest BCUT2D eigenvalue weighted by Crippen LogP contribution is 2.29. The number of benzene rings is 1. The molecule has 2 aliphatic rings. The quantitative estimate of drug-likeness (QED) is 0.556. The number of hydrogen-bond donors (Lipinski definition) is 3. The van der Waals surface area contributed by atoms with Crippen molar-refractivity contribution in [3.8, 4) is 0 Å². The molecule has 0 saturated carbocycles. The number of hydrazine groups is 1. The van der Waals surface area contributed by atoms with Crippen LogP contribution >= 0.6 is 0 Å². The van der Waals surface area contributed by atoms with Gasteiger partial charge in [0.25, 0.3) is 0 Å². The van der Waals surface area contributed by atoms with Gasteiger partial charge in [-0.2, -0.15) is 0 Å². The van der Waals surface area contributed by atoms with Crippen molar-refractivity contribution in [1.29, 1.82) is 0 Å². The predicted octanol–water partition coefficient (Wildman–Crippen LogP) is 0.487. The van der Waals surface area contributed by atoms with E-state index in [2.05, 4.69) is 15.0 Å². The Balaban J connectivity index is 1.82. The van der Waals surface area contributed by atoms with Crippen LogP contribution in [0.1, 0.15) is 19.3 Å². The third kappa shape index (κ3) is 2.42. The monoisotopic (exact) mass is 296 g/mol. The van der Waals surface area contributed by atoms with E-state index in [0.29, 0.717) is 11.7 Å². The lowest BCUT2D eigenvalue weighted by molar-refractivity contribution is 0.309. The van der Waals surface area contributed by atoms with Gasteiger partial charge < -0.3 is 5.43 Å². The van der Waals surface area contributed by atoms with E-state index in [1.54, 1.807) is 24.3 Å². The molecule has 4 N–H and O–H groups in total. The van der Waals surface area contributed by atoms with E-state index < -0.39 is 10.0 Å². The van der Waals surface area contributed by atoms with Gasteiger partial charge in [-0.05, 0) is 37.9 Å². The topological polar surface area (TPSA) is 87.5 Å². The molecule has 0 bridgehead atoms. The van der Waals surface area contributed by atoms with Crippen LogP contribution in [0.15, 0.2) is 29.2 Å². The Kier molecular flexibility index (Phi) is 3.68. The summed E-state index contributed by atoms with van der Waals surface area (Å²) in [6, 6.07) is 7.04. The molecule has 1 aromatic carbocycles. The highest BCUT2D eigenvalue weighted by Gasteiger charge is 2.39. The van der Waals surface area contributed by atoms with E-state index in [1.807, 2.05) is 0 Å². The molecule has 0 amide bonds. The maximum atomic E-state index is 12.5. The van der Waals surface area contributed by atoms with Crippen molar-refractivity contribution in [2.24, 2.45) is 5.84 Å². The third-order valence-electron chi connectivity index (χ3n) is 4.24. The second-order valence-corrected chi connectivity index (χ2v) is 7.08. The Bertz CT molecular complexity index is 590. The zero-order valence-electron chi connectivity index (χ0n) is 11.2. The summed E-state index contributed by atoms with van der Waals surface area (Å²) < 4.78 is 27.9. The van der Waals surface area contributed by atoms with Gasteiger partial charge in [-0.25, -0.2) is 13.1 Å². The summed E-state index contributed by atoms with van der Waals surface area (Å²) in [5.41, 5.74) is 2.86. The van der Waals surface area contributed by atoms with Gasteiger partial charge >= 0.3 is 0 Å². The van der Waals surface area contributed by atoms with Crippen molar-refractivity contribution in [2.45, 2.75) is 36.2 Å². The number of rotatable bonds is 4. The molecule has 3 rings (SSSR count). The highest BCUT2D eigenvalue weighted by molar-refractivity contribution is 7.89. The minimum atomic E-state index is -3.54. The van der Waals surface area contributed by atoms with Crippen molar-refractivity contribution in [2.75, 3.05) is 18.5 Å². The summed E-state index contributed by atoms with van der Waals surface area (Å²) in [4.78, 5) is 2.58. The van der Waals surface area contributed by atoms with Gasteiger partial charge in [-0.1, -0.05) is 12.1 Å². The molecule has 20 heavy (non-hydrogen) atoms. The molecule has 2 aliphatic heterocycles. The van der Waals surface area contributed by atoms with Crippen molar-refractivity contribution in [3.63, 3.8) is 0 Å². The maximum Gasteiger partial charge on any atom is 0.242 e. The average molecular weight is 296 g/mol. The van der Waals surface area contributed by atoms with Crippen LogP contribution in [0.3, 0.4) is 0 Å². The number of nitrogens with one attached hydrogen (secondary N) is 2. The molecule has 2 heterocycles. The first-order chi connectivity index (χ1) is 9.62. The Labute approximate surface area is 119 Å². The SMILES string of the molecule is NNc1ccccc1S(=O)(=O)NC1CCN2CCCC12. The molecular weight excluding hydrogens is 276 g/mol. The van der Waals surface area contributed by atoms with Crippen LogP contribution in [0.25, 0.3) is 0 Å². The van der Waals surface area contributed by atoms with Crippen molar-refractivity contribution >= 4 is 15.7 Å². The fourth-order valence-electron chi connectivity index (χ4n) is 3.30. The Morgan fingerprint density at radius 1 is 1.20 bits per heavy atom. The lowest BCUT2D eigenvalue weighted by Gasteiger charge is -2.21. The van der Waals surface area contributed by atoms with E-state index >= 15 is 0 Å². The molecule has 7 heteroatoms. The minimum Gasteiger partial charge on any atom is -0.323 e. The molecular formula is C13H20N4O2S. The summed E-state index contributed by atoms with van der Waals surface area (Å²) >= 11 is 0. The van der Waals surface area contributed by atoms with Gasteiger partial charge in [0.1, 0.15) is 4.90 Å². The summed E-state index contributed by atoms with van der Waals surface area (Å²) in [7, 11) is -3.54. The number of sulfonamides is 1. The number of anilines is 1. The predicted molar refractivity (Wildman–Crippen MR) is 77.6 cm³/mol. The number of fused-ring (bicyclic) bond motifs is 1. The van der Waals surface area contributed by atoms with Gasteiger partial charge in [0.2, 0.25) is 10.0 Å².